The molecule has 1 amide bonds. The molecule has 2 rings (SSSR count). The third-order valence-corrected chi connectivity index (χ3v) is 3.36. The van der Waals surface area contributed by atoms with Crippen LogP contribution in [0.15, 0.2) is 30.3 Å². The number of pyridine rings is 1. The van der Waals surface area contributed by atoms with E-state index in [9.17, 15) is 9.90 Å². The van der Waals surface area contributed by atoms with Crippen LogP contribution in [0.25, 0.3) is 10.9 Å². The minimum Gasteiger partial charge on any atom is -0.389 e. The third kappa shape index (κ3) is 3.93. The summed E-state index contributed by atoms with van der Waals surface area (Å²) in [5.41, 5.74) is 0.106. The molecule has 1 aromatic heterocycles. The maximum atomic E-state index is 12.5. The number of carbonyl (C=O) groups excluding carboxylic acids is 1. The lowest BCUT2D eigenvalue weighted by Crippen LogP contribution is -2.42. The summed E-state index contributed by atoms with van der Waals surface area (Å²) in [7, 11) is 0. The molecule has 21 heavy (non-hydrogen) atoms. The minimum atomic E-state index is -0.939. The number of halogens is 1. The molecule has 4 nitrogen and oxygen atoms in total. The van der Waals surface area contributed by atoms with Gasteiger partial charge in [0.15, 0.2) is 0 Å². The van der Waals surface area contributed by atoms with Gasteiger partial charge in [0.2, 0.25) is 0 Å². The van der Waals surface area contributed by atoms with E-state index in [0.29, 0.717) is 22.8 Å². The second kappa shape index (κ2) is 6.00. The van der Waals surface area contributed by atoms with E-state index in [1.165, 1.54) is 0 Å². The lowest BCUT2D eigenvalue weighted by molar-refractivity contribution is 0.0312. The van der Waals surface area contributed by atoms with Crippen molar-refractivity contribution in [2.45, 2.75) is 26.4 Å². The molecule has 2 aromatic rings. The number of carbonyl (C=O) groups is 1. The molecule has 0 radical (unpaired) electrons. The van der Waals surface area contributed by atoms with Crippen LogP contribution in [0.1, 0.15) is 31.3 Å². The Bertz CT molecular complexity index is 665. The number of rotatable bonds is 4. The first-order valence-corrected chi connectivity index (χ1v) is 7.26. The summed E-state index contributed by atoms with van der Waals surface area (Å²) >= 11 is 5.96. The highest BCUT2D eigenvalue weighted by molar-refractivity contribution is 6.31. The SMILES string of the molecule is CCN(CC(C)(C)O)C(=O)c1ccc2ccc(Cl)cc2n1. The first-order chi connectivity index (χ1) is 9.80. The molecule has 0 aliphatic rings. The monoisotopic (exact) mass is 306 g/mol. The van der Waals surface area contributed by atoms with Crippen LogP contribution in [0, 0.1) is 0 Å². The molecule has 0 spiro atoms. The summed E-state index contributed by atoms with van der Waals surface area (Å²) in [4.78, 5) is 18.5. The molecule has 0 aliphatic carbocycles. The maximum Gasteiger partial charge on any atom is 0.272 e. The highest BCUT2D eigenvalue weighted by Crippen LogP contribution is 2.19. The highest BCUT2D eigenvalue weighted by atomic mass is 35.5. The number of nitrogens with zero attached hydrogens (tertiary/aromatic N) is 2. The van der Waals surface area contributed by atoms with E-state index in [1.807, 2.05) is 19.1 Å². The number of likely N-dealkylation sites (N-methyl/N-ethyl adjacent to an activating group) is 1. The topological polar surface area (TPSA) is 53.4 Å². The number of hydrogen-bond acceptors (Lipinski definition) is 3. The van der Waals surface area contributed by atoms with Crippen LogP contribution in [-0.2, 0) is 0 Å². The van der Waals surface area contributed by atoms with Crippen molar-refractivity contribution in [2.24, 2.45) is 0 Å². The molecule has 0 saturated carbocycles. The van der Waals surface area contributed by atoms with Crippen molar-refractivity contribution in [1.82, 2.24) is 9.88 Å². The van der Waals surface area contributed by atoms with Gasteiger partial charge in [-0.3, -0.25) is 4.79 Å². The Morgan fingerprint density at radius 3 is 2.62 bits per heavy atom. The normalized spacial score (nSPS) is 11.7. The van der Waals surface area contributed by atoms with Gasteiger partial charge >= 0.3 is 0 Å². The molecule has 1 heterocycles. The Hall–Kier alpha value is -1.65. The Labute approximate surface area is 129 Å². The molecule has 0 atom stereocenters. The first kappa shape index (κ1) is 15.7. The third-order valence-electron chi connectivity index (χ3n) is 3.12. The second-order valence-electron chi connectivity index (χ2n) is 5.67. The largest absolute Gasteiger partial charge is 0.389 e. The zero-order valence-electron chi connectivity index (χ0n) is 12.4. The van der Waals surface area contributed by atoms with Crippen molar-refractivity contribution in [3.8, 4) is 0 Å². The standard InChI is InChI=1S/C16H19ClN2O2/c1-4-19(10-16(2,3)21)15(20)13-8-6-11-5-7-12(17)9-14(11)18-13/h5-9,21H,4,10H2,1-3H3. The Morgan fingerprint density at radius 2 is 2.00 bits per heavy atom. The molecule has 0 saturated heterocycles. The summed E-state index contributed by atoms with van der Waals surface area (Å²) in [6.07, 6.45) is 0. The molecule has 5 heteroatoms. The summed E-state index contributed by atoms with van der Waals surface area (Å²) < 4.78 is 0. The number of aliphatic hydroxyl groups is 1. The van der Waals surface area contributed by atoms with Gasteiger partial charge in [0, 0.05) is 23.5 Å². The van der Waals surface area contributed by atoms with E-state index in [1.54, 1.807) is 36.9 Å². The summed E-state index contributed by atoms with van der Waals surface area (Å²) in [6, 6.07) is 8.95. The molecule has 0 aliphatic heterocycles. The molecule has 0 bridgehead atoms. The number of fused-ring (bicyclic) bond motifs is 1. The molecule has 0 unspecified atom stereocenters. The van der Waals surface area contributed by atoms with E-state index in [0.717, 1.165) is 5.39 Å². The van der Waals surface area contributed by atoms with E-state index in [4.69, 9.17) is 11.6 Å². The molecular formula is C16H19ClN2O2. The van der Waals surface area contributed by atoms with Crippen LogP contribution in [0.2, 0.25) is 5.02 Å². The lowest BCUT2D eigenvalue weighted by Gasteiger charge is -2.27. The van der Waals surface area contributed by atoms with Crippen LogP contribution < -0.4 is 0 Å². The predicted molar refractivity (Wildman–Crippen MR) is 84.6 cm³/mol. The Kier molecular flexibility index (Phi) is 4.49. The maximum absolute atomic E-state index is 12.5. The quantitative estimate of drug-likeness (QED) is 0.944. The van der Waals surface area contributed by atoms with E-state index in [2.05, 4.69) is 4.98 Å². The van der Waals surface area contributed by atoms with Gasteiger partial charge in [0.05, 0.1) is 11.1 Å². The van der Waals surface area contributed by atoms with E-state index < -0.39 is 5.60 Å². The molecule has 1 aromatic carbocycles. The van der Waals surface area contributed by atoms with Crippen molar-refractivity contribution in [1.29, 1.82) is 0 Å². The van der Waals surface area contributed by atoms with Crippen molar-refractivity contribution in [3.63, 3.8) is 0 Å². The highest BCUT2D eigenvalue weighted by Gasteiger charge is 2.23. The average Bonchev–Trinajstić information content (AvgIpc) is 2.42. The van der Waals surface area contributed by atoms with Crippen LogP contribution >= 0.6 is 11.6 Å². The minimum absolute atomic E-state index is 0.193. The fourth-order valence-corrected chi connectivity index (χ4v) is 2.33. The smallest absolute Gasteiger partial charge is 0.272 e. The van der Waals surface area contributed by atoms with Crippen molar-refractivity contribution >= 4 is 28.4 Å². The van der Waals surface area contributed by atoms with Crippen molar-refractivity contribution in [2.75, 3.05) is 13.1 Å². The predicted octanol–water partition coefficient (Wildman–Crippen LogP) is 3.12. The van der Waals surface area contributed by atoms with E-state index in [-0.39, 0.29) is 12.5 Å². The van der Waals surface area contributed by atoms with E-state index >= 15 is 0 Å². The Balaban J connectivity index is 2.33. The van der Waals surface area contributed by atoms with Crippen LogP contribution in [0.3, 0.4) is 0 Å². The zero-order valence-corrected chi connectivity index (χ0v) is 13.2. The summed E-state index contributed by atoms with van der Waals surface area (Å²) in [5, 5.41) is 11.4. The van der Waals surface area contributed by atoms with Crippen LogP contribution in [-0.4, -0.2) is 39.6 Å². The molecule has 112 valence electrons. The molecule has 1 N–H and O–H groups in total. The fraction of sp³-hybridized carbons (Fsp3) is 0.375. The lowest BCUT2D eigenvalue weighted by atomic mass is 10.1. The van der Waals surface area contributed by atoms with Crippen molar-refractivity contribution in [3.05, 3.63) is 41.0 Å². The average molecular weight is 307 g/mol. The van der Waals surface area contributed by atoms with Gasteiger partial charge in [-0.1, -0.05) is 23.7 Å². The van der Waals surface area contributed by atoms with Gasteiger partial charge in [-0.15, -0.1) is 0 Å². The van der Waals surface area contributed by atoms with Gasteiger partial charge in [-0.25, -0.2) is 4.98 Å². The van der Waals surface area contributed by atoms with Gasteiger partial charge in [-0.05, 0) is 39.0 Å². The Morgan fingerprint density at radius 1 is 1.33 bits per heavy atom. The number of benzene rings is 1. The number of amides is 1. The summed E-state index contributed by atoms with van der Waals surface area (Å²) in [6.45, 7) is 6.00. The molecular weight excluding hydrogens is 288 g/mol. The first-order valence-electron chi connectivity index (χ1n) is 6.88. The van der Waals surface area contributed by atoms with Gasteiger partial charge in [0.1, 0.15) is 5.69 Å². The van der Waals surface area contributed by atoms with Crippen LogP contribution in [0.5, 0.6) is 0 Å². The zero-order chi connectivity index (χ0) is 15.6. The molecule has 0 fully saturated rings. The van der Waals surface area contributed by atoms with Crippen molar-refractivity contribution < 1.29 is 9.90 Å². The van der Waals surface area contributed by atoms with Gasteiger partial charge in [0.25, 0.3) is 5.91 Å². The van der Waals surface area contributed by atoms with Crippen LogP contribution in [0.4, 0.5) is 0 Å². The number of hydrogen-bond donors (Lipinski definition) is 1. The second-order valence-corrected chi connectivity index (χ2v) is 6.10. The number of aromatic nitrogens is 1. The van der Waals surface area contributed by atoms with Gasteiger partial charge in [-0.2, -0.15) is 0 Å². The fourth-order valence-electron chi connectivity index (χ4n) is 2.17. The summed E-state index contributed by atoms with van der Waals surface area (Å²) in [5.74, 6) is -0.193. The van der Waals surface area contributed by atoms with Gasteiger partial charge < -0.3 is 10.0 Å².